The summed E-state index contributed by atoms with van der Waals surface area (Å²) >= 11 is 6.17. The van der Waals surface area contributed by atoms with Gasteiger partial charge in [-0.2, -0.15) is 5.10 Å². The first kappa shape index (κ1) is 14.6. The minimum Gasteiger partial charge on any atom is -0.269 e. The van der Waals surface area contributed by atoms with Gasteiger partial charge in [0.15, 0.2) is 0 Å². The smallest absolute Gasteiger partial charge is 0.0628 e. The van der Waals surface area contributed by atoms with Gasteiger partial charge in [0.25, 0.3) is 0 Å². The number of halogens is 1. The molecule has 1 aliphatic rings. The van der Waals surface area contributed by atoms with E-state index in [1.165, 1.54) is 36.9 Å². The molecule has 1 saturated carbocycles. The van der Waals surface area contributed by atoms with E-state index < -0.39 is 0 Å². The number of alkyl halides is 1. The molecule has 112 valence electrons. The molecule has 1 aromatic heterocycles. The zero-order chi connectivity index (χ0) is 14.5. The topological polar surface area (TPSA) is 17.8 Å². The molecule has 1 fully saturated rings. The first-order valence-corrected chi connectivity index (χ1v) is 8.52. The van der Waals surface area contributed by atoms with Crippen molar-refractivity contribution < 1.29 is 0 Å². The van der Waals surface area contributed by atoms with Crippen LogP contribution < -0.4 is 0 Å². The average molecular weight is 303 g/mol. The van der Waals surface area contributed by atoms with Gasteiger partial charge in [0.1, 0.15) is 0 Å². The fraction of sp³-hybridized carbons (Fsp3) is 0.500. The highest BCUT2D eigenvalue weighted by Crippen LogP contribution is 2.29. The van der Waals surface area contributed by atoms with Crippen LogP contribution >= 0.6 is 11.6 Å². The van der Waals surface area contributed by atoms with Crippen molar-refractivity contribution in [2.75, 3.05) is 5.88 Å². The second-order valence-corrected chi connectivity index (χ2v) is 6.45. The molecule has 1 aliphatic carbocycles. The highest BCUT2D eigenvalue weighted by molar-refractivity contribution is 6.18. The summed E-state index contributed by atoms with van der Waals surface area (Å²) in [5.41, 5.74) is 2.54. The Morgan fingerprint density at radius 1 is 1.10 bits per heavy atom. The Hall–Kier alpha value is -1.28. The van der Waals surface area contributed by atoms with Crippen molar-refractivity contribution in [3.05, 3.63) is 53.9 Å². The van der Waals surface area contributed by atoms with Crippen LogP contribution in [-0.4, -0.2) is 15.7 Å². The number of hydrogen-bond acceptors (Lipinski definition) is 1. The zero-order valence-electron chi connectivity index (χ0n) is 12.4. The van der Waals surface area contributed by atoms with E-state index in [1.807, 2.05) is 0 Å². The lowest BCUT2D eigenvalue weighted by atomic mass is 9.96. The molecule has 0 bridgehead atoms. The van der Waals surface area contributed by atoms with E-state index in [0.717, 1.165) is 12.8 Å². The summed E-state index contributed by atoms with van der Waals surface area (Å²) in [6.45, 7) is 0. The molecule has 0 amide bonds. The summed E-state index contributed by atoms with van der Waals surface area (Å²) in [6, 6.07) is 13.4. The predicted molar refractivity (Wildman–Crippen MR) is 87.8 cm³/mol. The average Bonchev–Trinajstić information content (AvgIpc) is 3.18. The zero-order valence-corrected chi connectivity index (χ0v) is 13.2. The number of benzene rings is 1. The van der Waals surface area contributed by atoms with Gasteiger partial charge in [0, 0.05) is 12.1 Å². The van der Waals surface area contributed by atoms with Gasteiger partial charge in [-0.05, 0) is 43.2 Å². The maximum atomic E-state index is 6.17. The maximum absolute atomic E-state index is 6.17. The summed E-state index contributed by atoms with van der Waals surface area (Å²) in [7, 11) is 0. The van der Waals surface area contributed by atoms with Crippen LogP contribution in [0.1, 0.15) is 43.0 Å². The Bertz CT molecular complexity index is 543. The molecule has 3 rings (SSSR count). The second kappa shape index (κ2) is 7.13. The monoisotopic (exact) mass is 302 g/mol. The lowest BCUT2D eigenvalue weighted by molar-refractivity contribution is 0.458. The lowest BCUT2D eigenvalue weighted by Gasteiger charge is -2.13. The Morgan fingerprint density at radius 2 is 1.86 bits per heavy atom. The van der Waals surface area contributed by atoms with Gasteiger partial charge in [0.05, 0.1) is 11.7 Å². The van der Waals surface area contributed by atoms with Gasteiger partial charge in [-0.15, -0.1) is 11.6 Å². The van der Waals surface area contributed by atoms with Crippen LogP contribution in [0.3, 0.4) is 0 Å². The highest BCUT2D eigenvalue weighted by Gasteiger charge is 2.18. The number of rotatable bonds is 6. The Labute approximate surface area is 132 Å². The standard InChI is InChI=1S/C18H23ClN2/c19-14-16(12-15-6-2-1-3-7-15)13-17-10-11-21(20-17)18-8-4-5-9-18/h1-3,6-7,10-11,16,18H,4-5,8-9,12-14H2. The van der Waals surface area contributed by atoms with Crippen molar-refractivity contribution in [3.8, 4) is 0 Å². The van der Waals surface area contributed by atoms with E-state index in [1.54, 1.807) is 0 Å². The number of nitrogens with zero attached hydrogens (tertiary/aromatic N) is 2. The van der Waals surface area contributed by atoms with Gasteiger partial charge in [-0.25, -0.2) is 0 Å². The fourth-order valence-corrected chi connectivity index (χ4v) is 3.50. The Morgan fingerprint density at radius 3 is 2.57 bits per heavy atom. The van der Waals surface area contributed by atoms with Crippen LogP contribution in [-0.2, 0) is 12.8 Å². The highest BCUT2D eigenvalue weighted by atomic mass is 35.5. The minimum absolute atomic E-state index is 0.459. The molecule has 2 nitrogen and oxygen atoms in total. The molecule has 0 radical (unpaired) electrons. The number of hydrogen-bond donors (Lipinski definition) is 0. The minimum atomic E-state index is 0.459. The molecule has 0 saturated heterocycles. The molecule has 1 atom stereocenters. The lowest BCUT2D eigenvalue weighted by Crippen LogP contribution is -2.12. The van der Waals surface area contributed by atoms with Crippen molar-refractivity contribution in [1.29, 1.82) is 0 Å². The van der Waals surface area contributed by atoms with E-state index in [0.29, 0.717) is 17.8 Å². The molecular formula is C18H23ClN2. The quantitative estimate of drug-likeness (QED) is 0.711. The first-order chi connectivity index (χ1) is 10.3. The largest absolute Gasteiger partial charge is 0.269 e. The van der Waals surface area contributed by atoms with E-state index >= 15 is 0 Å². The SMILES string of the molecule is ClCC(Cc1ccccc1)Cc1ccn(C2CCCC2)n1. The van der Waals surface area contributed by atoms with E-state index in [2.05, 4.69) is 47.3 Å². The van der Waals surface area contributed by atoms with Crippen LogP contribution in [0.2, 0.25) is 0 Å². The molecule has 1 aromatic carbocycles. The van der Waals surface area contributed by atoms with Crippen molar-refractivity contribution in [1.82, 2.24) is 9.78 Å². The van der Waals surface area contributed by atoms with E-state index in [-0.39, 0.29) is 0 Å². The summed E-state index contributed by atoms with van der Waals surface area (Å²) in [4.78, 5) is 0. The third-order valence-electron chi connectivity index (χ3n) is 4.45. The molecule has 0 N–H and O–H groups in total. The fourth-order valence-electron chi connectivity index (χ4n) is 3.28. The molecule has 1 heterocycles. The summed E-state index contributed by atoms with van der Waals surface area (Å²) in [6.07, 6.45) is 9.41. The van der Waals surface area contributed by atoms with Crippen molar-refractivity contribution in [2.45, 2.75) is 44.6 Å². The van der Waals surface area contributed by atoms with Crippen LogP contribution in [0, 0.1) is 5.92 Å². The third-order valence-corrected chi connectivity index (χ3v) is 4.88. The van der Waals surface area contributed by atoms with Gasteiger partial charge in [-0.1, -0.05) is 43.2 Å². The second-order valence-electron chi connectivity index (χ2n) is 6.14. The summed E-state index contributed by atoms with van der Waals surface area (Å²) < 4.78 is 2.18. The molecule has 2 aromatic rings. The van der Waals surface area contributed by atoms with Crippen molar-refractivity contribution in [3.63, 3.8) is 0 Å². The Kier molecular flexibility index (Phi) is 4.97. The molecule has 21 heavy (non-hydrogen) atoms. The van der Waals surface area contributed by atoms with Crippen molar-refractivity contribution in [2.24, 2.45) is 5.92 Å². The van der Waals surface area contributed by atoms with E-state index in [4.69, 9.17) is 16.7 Å². The number of aromatic nitrogens is 2. The molecule has 0 spiro atoms. The van der Waals surface area contributed by atoms with Crippen LogP contribution in [0.4, 0.5) is 0 Å². The molecule has 3 heteroatoms. The summed E-state index contributed by atoms with van der Waals surface area (Å²) in [5, 5.41) is 4.78. The van der Waals surface area contributed by atoms with Gasteiger partial charge >= 0.3 is 0 Å². The molecule has 1 unspecified atom stereocenters. The van der Waals surface area contributed by atoms with Gasteiger partial charge in [0.2, 0.25) is 0 Å². The van der Waals surface area contributed by atoms with Gasteiger partial charge in [-0.3, -0.25) is 4.68 Å². The van der Waals surface area contributed by atoms with Crippen LogP contribution in [0.25, 0.3) is 0 Å². The predicted octanol–water partition coefficient (Wildman–Crippen LogP) is 4.64. The maximum Gasteiger partial charge on any atom is 0.0628 e. The first-order valence-electron chi connectivity index (χ1n) is 7.99. The molecule has 0 aliphatic heterocycles. The Balaban J connectivity index is 1.61. The van der Waals surface area contributed by atoms with Crippen molar-refractivity contribution >= 4 is 11.6 Å². The summed E-state index contributed by atoms with van der Waals surface area (Å²) in [5.74, 6) is 1.14. The third kappa shape index (κ3) is 3.88. The van der Waals surface area contributed by atoms with Crippen LogP contribution in [0.5, 0.6) is 0 Å². The van der Waals surface area contributed by atoms with Crippen LogP contribution in [0.15, 0.2) is 42.6 Å². The van der Waals surface area contributed by atoms with E-state index in [9.17, 15) is 0 Å². The molecular weight excluding hydrogens is 280 g/mol. The normalized spacial score (nSPS) is 17.2. The van der Waals surface area contributed by atoms with Gasteiger partial charge < -0.3 is 0 Å².